The van der Waals surface area contributed by atoms with Crippen molar-refractivity contribution in [2.75, 3.05) is 11.4 Å². The van der Waals surface area contributed by atoms with E-state index < -0.39 is 16.9 Å². The molecule has 0 spiro atoms. The van der Waals surface area contributed by atoms with Crippen LogP contribution < -0.4 is 4.90 Å². The van der Waals surface area contributed by atoms with Crippen LogP contribution in [0, 0.1) is 17.0 Å². The molecule has 1 unspecified atom stereocenters. The van der Waals surface area contributed by atoms with Gasteiger partial charge in [-0.15, -0.1) is 0 Å². The van der Waals surface area contributed by atoms with Crippen molar-refractivity contribution in [2.45, 2.75) is 38.6 Å². The number of nitrogens with zero attached hydrogens (tertiary/aromatic N) is 2. The topological polar surface area (TPSA) is 83.7 Å². The first-order chi connectivity index (χ1) is 9.50. The molecular weight excluding hydrogens is 260 g/mol. The molecule has 1 heterocycles. The number of nitro groups is 1. The maximum Gasteiger partial charge on any atom is 0.326 e. The second kappa shape index (κ2) is 5.90. The Kier molecular flexibility index (Phi) is 4.22. The van der Waals surface area contributed by atoms with Gasteiger partial charge in [-0.25, -0.2) is 4.79 Å². The number of aliphatic carboxylic acids is 1. The first kappa shape index (κ1) is 14.3. The molecule has 1 saturated heterocycles. The molecule has 1 aromatic rings. The van der Waals surface area contributed by atoms with Crippen LogP contribution >= 0.6 is 0 Å². The SMILES string of the molecule is Cc1ccc(N2CCCCCC2C(=O)O)cc1[N+](=O)[O-]. The smallest absolute Gasteiger partial charge is 0.326 e. The van der Waals surface area contributed by atoms with Crippen molar-refractivity contribution < 1.29 is 14.8 Å². The molecule has 1 fully saturated rings. The fourth-order valence-electron chi connectivity index (χ4n) is 2.65. The van der Waals surface area contributed by atoms with E-state index in [9.17, 15) is 20.0 Å². The number of benzene rings is 1. The summed E-state index contributed by atoms with van der Waals surface area (Å²) in [6.45, 7) is 2.30. The van der Waals surface area contributed by atoms with E-state index in [4.69, 9.17) is 0 Å². The van der Waals surface area contributed by atoms with Crippen molar-refractivity contribution in [1.82, 2.24) is 0 Å². The molecule has 0 amide bonds. The van der Waals surface area contributed by atoms with E-state index in [1.165, 1.54) is 6.07 Å². The average Bonchev–Trinajstić information content (AvgIpc) is 2.64. The number of carboxylic acids is 1. The van der Waals surface area contributed by atoms with Crippen LogP contribution in [0.3, 0.4) is 0 Å². The first-order valence-electron chi connectivity index (χ1n) is 6.75. The Morgan fingerprint density at radius 2 is 2.15 bits per heavy atom. The van der Waals surface area contributed by atoms with Crippen molar-refractivity contribution in [1.29, 1.82) is 0 Å². The van der Waals surface area contributed by atoms with Crippen molar-refractivity contribution in [2.24, 2.45) is 0 Å². The van der Waals surface area contributed by atoms with Crippen LogP contribution in [0.5, 0.6) is 0 Å². The monoisotopic (exact) mass is 278 g/mol. The second-order valence-electron chi connectivity index (χ2n) is 5.12. The van der Waals surface area contributed by atoms with Crippen molar-refractivity contribution in [3.8, 4) is 0 Å². The molecule has 6 nitrogen and oxygen atoms in total. The maximum absolute atomic E-state index is 11.4. The van der Waals surface area contributed by atoms with E-state index >= 15 is 0 Å². The molecule has 1 atom stereocenters. The molecule has 20 heavy (non-hydrogen) atoms. The third-order valence-electron chi connectivity index (χ3n) is 3.76. The Bertz CT molecular complexity index is 530. The fraction of sp³-hybridized carbons (Fsp3) is 0.500. The van der Waals surface area contributed by atoms with Crippen LogP contribution in [0.25, 0.3) is 0 Å². The van der Waals surface area contributed by atoms with Crippen molar-refractivity contribution in [3.63, 3.8) is 0 Å². The zero-order valence-electron chi connectivity index (χ0n) is 11.4. The number of nitro benzene ring substituents is 1. The number of rotatable bonds is 3. The molecule has 1 aromatic carbocycles. The van der Waals surface area contributed by atoms with Gasteiger partial charge in [-0.3, -0.25) is 10.1 Å². The largest absolute Gasteiger partial charge is 0.480 e. The number of carboxylic acid groups (broad SMARTS) is 1. The highest BCUT2D eigenvalue weighted by Gasteiger charge is 2.28. The highest BCUT2D eigenvalue weighted by Crippen LogP contribution is 2.29. The molecule has 108 valence electrons. The number of anilines is 1. The highest BCUT2D eigenvalue weighted by molar-refractivity contribution is 5.78. The van der Waals surface area contributed by atoms with Gasteiger partial charge < -0.3 is 10.0 Å². The zero-order valence-corrected chi connectivity index (χ0v) is 11.4. The number of carbonyl (C=O) groups is 1. The molecule has 0 bridgehead atoms. The first-order valence-corrected chi connectivity index (χ1v) is 6.75. The quantitative estimate of drug-likeness (QED) is 0.679. The van der Waals surface area contributed by atoms with Crippen LogP contribution in [-0.4, -0.2) is 28.6 Å². The summed E-state index contributed by atoms with van der Waals surface area (Å²) in [6, 6.07) is 4.33. The van der Waals surface area contributed by atoms with E-state index in [1.54, 1.807) is 24.0 Å². The number of hydrogen-bond acceptors (Lipinski definition) is 4. The molecule has 1 aliphatic heterocycles. The summed E-state index contributed by atoms with van der Waals surface area (Å²) in [5.74, 6) is -0.866. The van der Waals surface area contributed by atoms with Gasteiger partial charge >= 0.3 is 5.97 Å². The summed E-state index contributed by atoms with van der Waals surface area (Å²) < 4.78 is 0. The van der Waals surface area contributed by atoms with Crippen LogP contribution in [0.4, 0.5) is 11.4 Å². The summed E-state index contributed by atoms with van der Waals surface area (Å²) >= 11 is 0. The lowest BCUT2D eigenvalue weighted by Gasteiger charge is -2.29. The van der Waals surface area contributed by atoms with Gasteiger partial charge in [-0.05, 0) is 25.8 Å². The van der Waals surface area contributed by atoms with Gasteiger partial charge in [0, 0.05) is 23.9 Å². The van der Waals surface area contributed by atoms with Gasteiger partial charge in [0.1, 0.15) is 6.04 Å². The molecule has 1 aliphatic rings. The van der Waals surface area contributed by atoms with E-state index in [2.05, 4.69) is 0 Å². The van der Waals surface area contributed by atoms with Gasteiger partial charge in [-0.1, -0.05) is 18.9 Å². The molecule has 6 heteroatoms. The number of aryl methyl sites for hydroxylation is 1. The Morgan fingerprint density at radius 1 is 1.40 bits per heavy atom. The minimum Gasteiger partial charge on any atom is -0.480 e. The van der Waals surface area contributed by atoms with Crippen LogP contribution in [-0.2, 0) is 4.79 Å². The van der Waals surface area contributed by atoms with Gasteiger partial charge in [0.05, 0.1) is 4.92 Å². The summed E-state index contributed by atoms with van der Waals surface area (Å²) in [5, 5.41) is 20.4. The summed E-state index contributed by atoms with van der Waals surface area (Å²) in [6.07, 6.45) is 3.36. The lowest BCUT2D eigenvalue weighted by molar-refractivity contribution is -0.385. The van der Waals surface area contributed by atoms with Gasteiger partial charge in [-0.2, -0.15) is 0 Å². The Labute approximate surface area is 117 Å². The average molecular weight is 278 g/mol. The minimum atomic E-state index is -0.866. The van der Waals surface area contributed by atoms with E-state index in [0.29, 0.717) is 24.2 Å². The normalized spacial score (nSPS) is 19.4. The molecule has 2 rings (SSSR count). The van der Waals surface area contributed by atoms with Crippen LogP contribution in [0.15, 0.2) is 18.2 Å². The van der Waals surface area contributed by atoms with Crippen molar-refractivity contribution >= 4 is 17.3 Å². The third-order valence-corrected chi connectivity index (χ3v) is 3.76. The fourth-order valence-corrected chi connectivity index (χ4v) is 2.65. The summed E-state index contributed by atoms with van der Waals surface area (Å²) in [5.41, 5.74) is 1.24. The van der Waals surface area contributed by atoms with Gasteiger partial charge in [0.15, 0.2) is 0 Å². The molecule has 1 N–H and O–H groups in total. The van der Waals surface area contributed by atoms with Gasteiger partial charge in [0.2, 0.25) is 0 Å². The Balaban J connectivity index is 2.38. The lowest BCUT2D eigenvalue weighted by Crippen LogP contribution is -2.40. The third kappa shape index (κ3) is 2.89. The molecule has 0 aliphatic carbocycles. The lowest BCUT2D eigenvalue weighted by atomic mass is 10.1. The van der Waals surface area contributed by atoms with Crippen LogP contribution in [0.1, 0.15) is 31.2 Å². The zero-order chi connectivity index (χ0) is 14.7. The minimum absolute atomic E-state index is 0.0379. The second-order valence-corrected chi connectivity index (χ2v) is 5.12. The predicted molar refractivity (Wildman–Crippen MR) is 75.1 cm³/mol. The molecule has 0 radical (unpaired) electrons. The predicted octanol–water partition coefficient (Wildman–Crippen LogP) is 2.74. The molecule has 0 saturated carbocycles. The Hall–Kier alpha value is -2.11. The van der Waals surface area contributed by atoms with E-state index in [1.807, 2.05) is 0 Å². The summed E-state index contributed by atoms with van der Waals surface area (Å²) in [7, 11) is 0. The molecular formula is C14H18N2O4. The van der Waals surface area contributed by atoms with Crippen LogP contribution in [0.2, 0.25) is 0 Å². The van der Waals surface area contributed by atoms with Gasteiger partial charge in [0.25, 0.3) is 5.69 Å². The van der Waals surface area contributed by atoms with E-state index in [0.717, 1.165) is 19.3 Å². The Morgan fingerprint density at radius 3 is 2.80 bits per heavy atom. The summed E-state index contributed by atoms with van der Waals surface area (Å²) in [4.78, 5) is 23.8. The number of hydrogen-bond donors (Lipinski definition) is 1. The van der Waals surface area contributed by atoms with E-state index in [-0.39, 0.29) is 5.69 Å². The van der Waals surface area contributed by atoms with Crippen molar-refractivity contribution in [3.05, 3.63) is 33.9 Å². The maximum atomic E-state index is 11.4. The standard InChI is InChI=1S/C14H18N2O4/c1-10-6-7-11(9-13(10)16(19)20)15-8-4-2-3-5-12(15)14(17)18/h6-7,9,12H,2-5,8H2,1H3,(H,17,18). The molecule has 0 aromatic heterocycles. The highest BCUT2D eigenvalue weighted by atomic mass is 16.6.